The molecule has 1 aliphatic heterocycles. The third kappa shape index (κ3) is 6.12. The minimum Gasteiger partial charge on any atom is -0.353 e. The topological polar surface area (TPSA) is 95.6 Å². The van der Waals surface area contributed by atoms with Crippen molar-refractivity contribution in [3.8, 4) is 0 Å². The zero-order valence-corrected chi connectivity index (χ0v) is 19.3. The van der Waals surface area contributed by atoms with Gasteiger partial charge in [-0.1, -0.05) is 47.0 Å². The maximum atomic E-state index is 12.6. The number of benzene rings is 2. The van der Waals surface area contributed by atoms with Gasteiger partial charge in [0.05, 0.1) is 11.4 Å². The zero-order chi connectivity index (χ0) is 23.3. The molecular weight excluding hydrogens is 473 g/mol. The highest BCUT2D eigenvalue weighted by atomic mass is 35.5. The normalized spacial score (nSPS) is 14.7. The number of thioether (sulfide) groups is 1. The number of nitrogens with one attached hydrogen (secondary N) is 2. The highest BCUT2D eigenvalue weighted by molar-refractivity contribution is 8.18. The van der Waals surface area contributed by atoms with Crippen molar-refractivity contribution in [3.05, 3.63) is 74.1 Å². The number of amides is 4. The van der Waals surface area contributed by atoms with Gasteiger partial charge in [0, 0.05) is 28.7 Å². The molecule has 0 unspecified atom stereocenters. The van der Waals surface area contributed by atoms with E-state index in [0.29, 0.717) is 21.2 Å². The van der Waals surface area contributed by atoms with E-state index in [4.69, 9.17) is 23.2 Å². The summed E-state index contributed by atoms with van der Waals surface area (Å²) in [7, 11) is 0. The van der Waals surface area contributed by atoms with Gasteiger partial charge in [0.25, 0.3) is 17.1 Å². The van der Waals surface area contributed by atoms with Crippen LogP contribution >= 0.6 is 35.0 Å². The second-order valence-electron chi connectivity index (χ2n) is 6.90. The van der Waals surface area contributed by atoms with Crippen molar-refractivity contribution < 1.29 is 19.2 Å². The van der Waals surface area contributed by atoms with Crippen LogP contribution in [0.15, 0.2) is 47.4 Å². The highest BCUT2D eigenvalue weighted by Gasteiger charge is 2.34. The standard InChI is InChI=1S/C22H19Cl2N3O4S/c1-13-3-2-4-15(9-13)20(29)26-12-19(28)25-7-8-27-21(30)18(32-22(27)31)10-14-5-6-16(23)11-17(14)24/h2-6,9-11H,7-8,12H2,1H3,(H,25,28)(H,26,29)/b18-10-. The zero-order valence-electron chi connectivity index (χ0n) is 17.0. The van der Waals surface area contributed by atoms with Crippen LogP contribution in [0.5, 0.6) is 0 Å². The van der Waals surface area contributed by atoms with Crippen LogP contribution in [-0.2, 0) is 9.59 Å². The Morgan fingerprint density at radius 1 is 1.09 bits per heavy atom. The largest absolute Gasteiger partial charge is 0.353 e. The number of rotatable bonds is 7. The minimum atomic E-state index is -0.465. The quantitative estimate of drug-likeness (QED) is 0.572. The molecule has 1 fully saturated rings. The van der Waals surface area contributed by atoms with Gasteiger partial charge in [-0.3, -0.25) is 24.1 Å². The molecule has 0 radical (unpaired) electrons. The van der Waals surface area contributed by atoms with E-state index in [1.807, 2.05) is 13.0 Å². The van der Waals surface area contributed by atoms with E-state index in [9.17, 15) is 19.2 Å². The van der Waals surface area contributed by atoms with E-state index in [1.165, 1.54) is 6.08 Å². The molecule has 1 aliphatic rings. The summed E-state index contributed by atoms with van der Waals surface area (Å²) in [5, 5.41) is 5.51. The molecule has 0 bridgehead atoms. The first kappa shape index (κ1) is 23.8. The van der Waals surface area contributed by atoms with Gasteiger partial charge >= 0.3 is 0 Å². The lowest BCUT2D eigenvalue weighted by atomic mass is 10.1. The van der Waals surface area contributed by atoms with Crippen LogP contribution in [0, 0.1) is 6.92 Å². The average molecular weight is 492 g/mol. The second kappa shape index (κ2) is 10.7. The fourth-order valence-corrected chi connectivity index (χ4v) is 4.19. The molecule has 0 atom stereocenters. The Bertz CT molecular complexity index is 1120. The number of aryl methyl sites for hydroxylation is 1. The van der Waals surface area contributed by atoms with Crippen LogP contribution in [0.2, 0.25) is 10.0 Å². The van der Waals surface area contributed by atoms with Crippen molar-refractivity contribution in [1.82, 2.24) is 15.5 Å². The minimum absolute atomic E-state index is 0.00786. The molecule has 32 heavy (non-hydrogen) atoms. The Morgan fingerprint density at radius 3 is 2.59 bits per heavy atom. The number of carbonyl (C=O) groups excluding carboxylic acids is 4. The van der Waals surface area contributed by atoms with Gasteiger partial charge in [0.2, 0.25) is 5.91 Å². The van der Waals surface area contributed by atoms with E-state index in [1.54, 1.807) is 36.4 Å². The number of hydrogen-bond acceptors (Lipinski definition) is 5. The van der Waals surface area contributed by atoms with Gasteiger partial charge in [-0.05, 0) is 54.6 Å². The first-order valence-electron chi connectivity index (χ1n) is 9.56. The lowest BCUT2D eigenvalue weighted by Gasteiger charge is -2.13. The molecule has 1 saturated heterocycles. The van der Waals surface area contributed by atoms with Gasteiger partial charge in [-0.25, -0.2) is 0 Å². The second-order valence-corrected chi connectivity index (χ2v) is 8.74. The molecular formula is C22H19Cl2N3O4S. The lowest BCUT2D eigenvalue weighted by molar-refractivity contribution is -0.124. The molecule has 166 valence electrons. The van der Waals surface area contributed by atoms with Crippen LogP contribution in [0.3, 0.4) is 0 Å². The average Bonchev–Trinajstić information content (AvgIpc) is 3.01. The number of nitrogens with zero attached hydrogens (tertiary/aromatic N) is 1. The van der Waals surface area contributed by atoms with Crippen LogP contribution in [-0.4, -0.2) is 47.5 Å². The molecule has 4 amide bonds. The third-order valence-electron chi connectivity index (χ3n) is 4.47. The third-order valence-corrected chi connectivity index (χ3v) is 5.94. The Labute approximate surface area is 199 Å². The first-order chi connectivity index (χ1) is 15.2. The molecule has 2 N–H and O–H groups in total. The molecule has 1 heterocycles. The summed E-state index contributed by atoms with van der Waals surface area (Å²) >= 11 is 12.8. The summed E-state index contributed by atoms with van der Waals surface area (Å²) in [6.07, 6.45) is 1.53. The fraction of sp³-hybridized carbons (Fsp3) is 0.182. The number of halogens is 2. The Hall–Kier alpha value is -2.81. The number of hydrogen-bond donors (Lipinski definition) is 2. The van der Waals surface area contributed by atoms with Gasteiger partial charge in [-0.2, -0.15) is 0 Å². The molecule has 2 aromatic carbocycles. The van der Waals surface area contributed by atoms with Crippen molar-refractivity contribution in [2.75, 3.05) is 19.6 Å². The summed E-state index contributed by atoms with van der Waals surface area (Å²) in [5.74, 6) is -1.25. The summed E-state index contributed by atoms with van der Waals surface area (Å²) in [4.78, 5) is 50.1. The Morgan fingerprint density at radius 2 is 1.88 bits per heavy atom. The molecule has 2 aromatic rings. The SMILES string of the molecule is Cc1cccc(C(=O)NCC(=O)NCCN2C(=O)S/C(=C\c3ccc(Cl)cc3Cl)C2=O)c1. The van der Waals surface area contributed by atoms with E-state index >= 15 is 0 Å². The molecule has 7 nitrogen and oxygen atoms in total. The Balaban J connectivity index is 1.48. The van der Waals surface area contributed by atoms with Gasteiger partial charge < -0.3 is 10.6 Å². The number of carbonyl (C=O) groups is 4. The fourth-order valence-electron chi connectivity index (χ4n) is 2.87. The molecule has 0 saturated carbocycles. The van der Waals surface area contributed by atoms with E-state index < -0.39 is 17.1 Å². The number of imide groups is 1. The molecule has 10 heteroatoms. The molecule has 3 rings (SSSR count). The van der Waals surface area contributed by atoms with Gasteiger partial charge in [0.1, 0.15) is 0 Å². The monoisotopic (exact) mass is 491 g/mol. The summed E-state index contributed by atoms with van der Waals surface area (Å²) in [5.41, 5.74) is 1.97. The van der Waals surface area contributed by atoms with E-state index in [-0.39, 0.29) is 30.4 Å². The van der Waals surface area contributed by atoms with Gasteiger partial charge in [0.15, 0.2) is 0 Å². The van der Waals surface area contributed by atoms with Crippen LogP contribution < -0.4 is 10.6 Å². The highest BCUT2D eigenvalue weighted by Crippen LogP contribution is 2.33. The smallest absolute Gasteiger partial charge is 0.293 e. The summed E-state index contributed by atoms with van der Waals surface area (Å²) in [6, 6.07) is 11.8. The van der Waals surface area contributed by atoms with Crippen LogP contribution in [0.1, 0.15) is 21.5 Å². The van der Waals surface area contributed by atoms with E-state index in [0.717, 1.165) is 22.2 Å². The molecule has 0 aromatic heterocycles. The maximum absolute atomic E-state index is 12.6. The van der Waals surface area contributed by atoms with Crippen molar-refractivity contribution in [2.24, 2.45) is 0 Å². The van der Waals surface area contributed by atoms with Crippen LogP contribution in [0.4, 0.5) is 4.79 Å². The summed E-state index contributed by atoms with van der Waals surface area (Å²) < 4.78 is 0. The lowest BCUT2D eigenvalue weighted by Crippen LogP contribution is -2.41. The maximum Gasteiger partial charge on any atom is 0.293 e. The van der Waals surface area contributed by atoms with Gasteiger partial charge in [-0.15, -0.1) is 0 Å². The molecule has 0 spiro atoms. The van der Waals surface area contributed by atoms with Crippen LogP contribution in [0.25, 0.3) is 6.08 Å². The van der Waals surface area contributed by atoms with E-state index in [2.05, 4.69) is 10.6 Å². The first-order valence-corrected chi connectivity index (χ1v) is 11.1. The predicted molar refractivity (Wildman–Crippen MR) is 126 cm³/mol. The molecule has 0 aliphatic carbocycles. The predicted octanol–water partition coefficient (Wildman–Crippen LogP) is 3.88. The van der Waals surface area contributed by atoms with Crippen molar-refractivity contribution in [1.29, 1.82) is 0 Å². The van der Waals surface area contributed by atoms with Crippen molar-refractivity contribution >= 4 is 64.0 Å². The summed E-state index contributed by atoms with van der Waals surface area (Å²) in [6.45, 7) is 1.72. The van der Waals surface area contributed by atoms with Crippen molar-refractivity contribution in [3.63, 3.8) is 0 Å². The Kier molecular flexibility index (Phi) is 7.95. The van der Waals surface area contributed by atoms with Crippen molar-refractivity contribution in [2.45, 2.75) is 6.92 Å².